The van der Waals surface area contributed by atoms with Crippen LogP contribution in [0.2, 0.25) is 0 Å². The van der Waals surface area contributed by atoms with E-state index >= 15 is 0 Å². The summed E-state index contributed by atoms with van der Waals surface area (Å²) in [5, 5.41) is 17.2. The number of halogens is 1. The number of hydrogen-bond acceptors (Lipinski definition) is 3. The molecule has 0 bridgehead atoms. The number of aliphatic carboxylic acids is 1. The van der Waals surface area contributed by atoms with Gasteiger partial charge >= 0.3 is 5.97 Å². The molecule has 0 spiro atoms. The first-order valence-corrected chi connectivity index (χ1v) is 3.94. The van der Waals surface area contributed by atoms with Crippen molar-refractivity contribution in [3.8, 4) is 0 Å². The highest BCUT2D eigenvalue weighted by Crippen LogP contribution is 2.15. The molecule has 0 aliphatic carbocycles. The van der Waals surface area contributed by atoms with Crippen LogP contribution in [-0.2, 0) is 11.4 Å². The van der Waals surface area contributed by atoms with Crippen molar-refractivity contribution >= 4 is 5.97 Å². The van der Waals surface area contributed by atoms with Crippen molar-refractivity contribution in [2.45, 2.75) is 12.6 Å². The number of carboxylic acids is 1. The third kappa shape index (κ3) is 2.07. The number of benzene rings is 1. The van der Waals surface area contributed by atoms with Crippen LogP contribution in [-0.4, -0.2) is 16.2 Å². The highest BCUT2D eigenvalue weighted by atomic mass is 19.1. The Kier molecular flexibility index (Phi) is 3.16. The highest BCUT2D eigenvalue weighted by Gasteiger charge is 2.15. The Morgan fingerprint density at radius 1 is 1.57 bits per heavy atom. The van der Waals surface area contributed by atoms with Gasteiger partial charge in [-0.25, -0.2) is 4.39 Å². The number of rotatable bonds is 3. The maximum atomic E-state index is 13.1. The Labute approximate surface area is 79.8 Å². The van der Waals surface area contributed by atoms with Crippen molar-refractivity contribution in [2.24, 2.45) is 5.73 Å². The van der Waals surface area contributed by atoms with Gasteiger partial charge in [0.15, 0.2) is 0 Å². The van der Waals surface area contributed by atoms with Crippen LogP contribution in [0.5, 0.6) is 0 Å². The molecule has 1 aromatic rings. The highest BCUT2D eigenvalue weighted by molar-refractivity contribution is 5.75. The molecule has 1 atom stereocenters. The smallest absolute Gasteiger partial charge is 0.325 e. The molecule has 0 aliphatic rings. The zero-order chi connectivity index (χ0) is 10.7. The summed E-state index contributed by atoms with van der Waals surface area (Å²) < 4.78 is 13.1. The molecule has 0 saturated heterocycles. The summed E-state index contributed by atoms with van der Waals surface area (Å²) in [5.41, 5.74) is 5.56. The van der Waals surface area contributed by atoms with Gasteiger partial charge in [0.1, 0.15) is 11.9 Å². The SMILES string of the molecule is N[C@@H](C(=O)O)c1ccc(CO)c(F)c1. The van der Waals surface area contributed by atoms with E-state index in [-0.39, 0.29) is 11.1 Å². The number of aliphatic hydroxyl groups is 1. The third-order valence-corrected chi connectivity index (χ3v) is 1.87. The number of carbonyl (C=O) groups is 1. The molecule has 0 unspecified atom stereocenters. The van der Waals surface area contributed by atoms with Gasteiger partial charge in [0.2, 0.25) is 0 Å². The van der Waals surface area contributed by atoms with Crippen molar-refractivity contribution in [3.63, 3.8) is 0 Å². The van der Waals surface area contributed by atoms with Crippen LogP contribution in [0.25, 0.3) is 0 Å². The molecular formula is C9H10FNO3. The zero-order valence-corrected chi connectivity index (χ0v) is 7.27. The van der Waals surface area contributed by atoms with Crippen LogP contribution in [0.4, 0.5) is 4.39 Å². The monoisotopic (exact) mass is 199 g/mol. The third-order valence-electron chi connectivity index (χ3n) is 1.87. The molecule has 0 aliphatic heterocycles. The van der Waals surface area contributed by atoms with E-state index in [9.17, 15) is 9.18 Å². The lowest BCUT2D eigenvalue weighted by Crippen LogP contribution is -2.20. The molecule has 0 aromatic heterocycles. The van der Waals surface area contributed by atoms with Crippen LogP contribution in [0, 0.1) is 5.82 Å². The Hall–Kier alpha value is -1.46. The first-order valence-electron chi connectivity index (χ1n) is 3.94. The number of carboxylic acid groups (broad SMARTS) is 1. The molecule has 4 N–H and O–H groups in total. The predicted molar refractivity (Wildman–Crippen MR) is 46.9 cm³/mol. The molecular weight excluding hydrogens is 189 g/mol. The Morgan fingerprint density at radius 3 is 2.64 bits per heavy atom. The molecule has 1 aromatic carbocycles. The summed E-state index contributed by atoms with van der Waals surface area (Å²) in [5.74, 6) is -1.87. The molecule has 1 rings (SSSR count). The number of nitrogens with two attached hydrogens (primary N) is 1. The first-order chi connectivity index (χ1) is 6.56. The van der Waals surface area contributed by atoms with Crippen LogP contribution in [0.1, 0.15) is 17.2 Å². The van der Waals surface area contributed by atoms with E-state index < -0.39 is 24.4 Å². The minimum Gasteiger partial charge on any atom is -0.480 e. The zero-order valence-electron chi connectivity index (χ0n) is 7.27. The predicted octanol–water partition coefficient (Wildman–Crippen LogP) is 0.402. The van der Waals surface area contributed by atoms with Gasteiger partial charge in [-0.15, -0.1) is 0 Å². The topological polar surface area (TPSA) is 83.6 Å². The fourth-order valence-electron chi connectivity index (χ4n) is 1.03. The quantitative estimate of drug-likeness (QED) is 0.658. The summed E-state index contributed by atoms with van der Waals surface area (Å²) in [6.07, 6.45) is 0. The summed E-state index contributed by atoms with van der Waals surface area (Å²) in [6, 6.07) is 2.47. The van der Waals surface area contributed by atoms with Crippen LogP contribution >= 0.6 is 0 Å². The lowest BCUT2D eigenvalue weighted by molar-refractivity contribution is -0.138. The molecule has 0 saturated carbocycles. The van der Waals surface area contributed by atoms with E-state index in [2.05, 4.69) is 0 Å². The molecule has 0 radical (unpaired) electrons. The van der Waals surface area contributed by atoms with Gasteiger partial charge in [-0.05, 0) is 11.6 Å². The van der Waals surface area contributed by atoms with E-state index in [0.29, 0.717) is 0 Å². The molecule has 14 heavy (non-hydrogen) atoms. The number of aliphatic hydroxyl groups excluding tert-OH is 1. The van der Waals surface area contributed by atoms with E-state index in [0.717, 1.165) is 6.07 Å². The van der Waals surface area contributed by atoms with Crippen LogP contribution in [0.15, 0.2) is 18.2 Å². The molecule has 76 valence electrons. The van der Waals surface area contributed by atoms with Gasteiger partial charge in [-0.2, -0.15) is 0 Å². The molecule has 0 fully saturated rings. The van der Waals surface area contributed by atoms with Gasteiger partial charge < -0.3 is 15.9 Å². The molecule has 5 heteroatoms. The second kappa shape index (κ2) is 4.17. The maximum Gasteiger partial charge on any atom is 0.325 e. The normalized spacial score (nSPS) is 12.5. The van der Waals surface area contributed by atoms with Gasteiger partial charge in [0.05, 0.1) is 6.61 Å². The Balaban J connectivity index is 3.02. The van der Waals surface area contributed by atoms with Crippen LogP contribution in [0.3, 0.4) is 0 Å². The average molecular weight is 199 g/mol. The summed E-state index contributed by atoms with van der Waals surface area (Å²) in [7, 11) is 0. The van der Waals surface area contributed by atoms with Gasteiger partial charge in [-0.1, -0.05) is 12.1 Å². The van der Waals surface area contributed by atoms with E-state index in [1.54, 1.807) is 0 Å². The lowest BCUT2D eigenvalue weighted by Gasteiger charge is -2.07. The molecule has 4 nitrogen and oxygen atoms in total. The standard InChI is InChI=1S/C9H10FNO3/c10-7-3-5(8(11)9(13)14)1-2-6(7)4-12/h1-3,8,12H,4,11H2,(H,13,14)/t8-/m1/s1. The summed E-state index contributed by atoms with van der Waals surface area (Å²) in [4.78, 5) is 10.5. The van der Waals surface area contributed by atoms with Crippen molar-refractivity contribution in [3.05, 3.63) is 35.1 Å². The molecule has 0 heterocycles. The van der Waals surface area contributed by atoms with E-state index in [1.165, 1.54) is 12.1 Å². The maximum absolute atomic E-state index is 13.1. The molecule has 0 amide bonds. The van der Waals surface area contributed by atoms with Crippen molar-refractivity contribution < 1.29 is 19.4 Å². The van der Waals surface area contributed by atoms with Gasteiger partial charge in [0, 0.05) is 5.56 Å². The Bertz CT molecular complexity index is 354. The minimum atomic E-state index is -1.24. The van der Waals surface area contributed by atoms with Crippen molar-refractivity contribution in [1.82, 2.24) is 0 Å². The average Bonchev–Trinajstić information content (AvgIpc) is 2.16. The van der Waals surface area contributed by atoms with Gasteiger partial charge in [-0.3, -0.25) is 4.79 Å². The second-order valence-corrected chi connectivity index (χ2v) is 2.82. The Morgan fingerprint density at radius 2 is 2.21 bits per heavy atom. The van der Waals surface area contributed by atoms with E-state index in [1.807, 2.05) is 0 Å². The summed E-state index contributed by atoms with van der Waals surface area (Å²) in [6.45, 7) is -0.422. The summed E-state index contributed by atoms with van der Waals surface area (Å²) >= 11 is 0. The first kappa shape index (κ1) is 10.6. The second-order valence-electron chi connectivity index (χ2n) is 2.82. The lowest BCUT2D eigenvalue weighted by atomic mass is 10.1. The van der Waals surface area contributed by atoms with E-state index in [4.69, 9.17) is 15.9 Å². The van der Waals surface area contributed by atoms with Crippen molar-refractivity contribution in [2.75, 3.05) is 0 Å². The minimum absolute atomic E-state index is 0.117. The van der Waals surface area contributed by atoms with Crippen LogP contribution < -0.4 is 5.73 Å². The van der Waals surface area contributed by atoms with Gasteiger partial charge in [0.25, 0.3) is 0 Å². The fourth-order valence-corrected chi connectivity index (χ4v) is 1.03. The van der Waals surface area contributed by atoms with Crippen molar-refractivity contribution in [1.29, 1.82) is 0 Å². The fraction of sp³-hybridized carbons (Fsp3) is 0.222. The number of hydrogen-bond donors (Lipinski definition) is 3. The largest absolute Gasteiger partial charge is 0.480 e.